The number of piperidine rings is 1. The molecule has 1 fully saturated rings. The first-order valence-corrected chi connectivity index (χ1v) is 12.1. The van der Waals surface area contributed by atoms with E-state index in [4.69, 9.17) is 9.57 Å². The molecule has 0 aromatic heterocycles. The van der Waals surface area contributed by atoms with Crippen LogP contribution >= 0.6 is 0 Å². The number of carbonyl (C=O) groups excluding carboxylic acids is 1. The lowest BCUT2D eigenvalue weighted by Gasteiger charge is -2.29. The molecule has 8 heteroatoms. The second-order valence-electron chi connectivity index (χ2n) is 9.34. The lowest BCUT2D eigenvalue weighted by Crippen LogP contribution is -2.35. The van der Waals surface area contributed by atoms with Gasteiger partial charge in [-0.05, 0) is 78.8 Å². The molecule has 0 bridgehead atoms. The molecule has 0 saturated carbocycles. The van der Waals surface area contributed by atoms with E-state index in [0.717, 1.165) is 53.5 Å². The van der Waals surface area contributed by atoms with Crippen molar-refractivity contribution in [2.75, 3.05) is 23.9 Å². The number of hydrogen-bond donors (Lipinski definition) is 2. The van der Waals surface area contributed by atoms with Crippen LogP contribution < -0.4 is 15.0 Å². The van der Waals surface area contributed by atoms with E-state index in [1.165, 1.54) is 0 Å². The molecule has 2 aromatic carbocycles. The zero-order valence-corrected chi connectivity index (χ0v) is 20.6. The minimum absolute atomic E-state index is 0.188. The highest BCUT2D eigenvalue weighted by Crippen LogP contribution is 2.27. The van der Waals surface area contributed by atoms with Gasteiger partial charge in [0.15, 0.2) is 6.10 Å². The fourth-order valence-electron chi connectivity index (χ4n) is 4.39. The van der Waals surface area contributed by atoms with Gasteiger partial charge in [-0.25, -0.2) is 0 Å². The van der Waals surface area contributed by atoms with Crippen LogP contribution in [0.5, 0.6) is 5.75 Å². The molecule has 0 radical (unpaired) electrons. The molecule has 8 nitrogen and oxygen atoms in total. The quantitative estimate of drug-likeness (QED) is 0.505. The zero-order chi connectivity index (χ0) is 24.8. The third-order valence-corrected chi connectivity index (χ3v) is 6.12. The SMILES string of the molecule is CON=C1CCCCN1c1ccc(NC(=O)C(CC(C)C)Oc2ccc3c(c2)CN(O)C=C3)cc1. The Balaban J connectivity index is 1.44. The fourth-order valence-corrected chi connectivity index (χ4v) is 4.39. The van der Waals surface area contributed by atoms with E-state index in [1.54, 1.807) is 13.3 Å². The van der Waals surface area contributed by atoms with Crippen molar-refractivity contribution in [2.24, 2.45) is 11.1 Å². The maximum absolute atomic E-state index is 13.2. The Labute approximate surface area is 206 Å². The summed E-state index contributed by atoms with van der Waals surface area (Å²) in [7, 11) is 1.57. The van der Waals surface area contributed by atoms with E-state index < -0.39 is 6.10 Å². The number of fused-ring (bicyclic) bond motifs is 1. The number of anilines is 2. The molecule has 35 heavy (non-hydrogen) atoms. The Morgan fingerprint density at radius 3 is 2.71 bits per heavy atom. The zero-order valence-electron chi connectivity index (χ0n) is 20.6. The van der Waals surface area contributed by atoms with E-state index in [1.807, 2.05) is 48.5 Å². The molecule has 1 unspecified atom stereocenters. The number of hydroxylamine groups is 2. The van der Waals surface area contributed by atoms with Gasteiger partial charge in [0.2, 0.25) is 0 Å². The summed E-state index contributed by atoms with van der Waals surface area (Å²) < 4.78 is 6.15. The van der Waals surface area contributed by atoms with Crippen LogP contribution in [0.2, 0.25) is 0 Å². The lowest BCUT2D eigenvalue weighted by atomic mass is 10.0. The van der Waals surface area contributed by atoms with Gasteiger partial charge in [0.05, 0.1) is 6.54 Å². The van der Waals surface area contributed by atoms with Gasteiger partial charge in [0, 0.05) is 30.5 Å². The van der Waals surface area contributed by atoms with Gasteiger partial charge in [-0.15, -0.1) is 0 Å². The maximum atomic E-state index is 13.2. The van der Waals surface area contributed by atoms with Crippen molar-refractivity contribution in [1.29, 1.82) is 0 Å². The average molecular weight is 479 g/mol. The molecule has 0 aliphatic carbocycles. The summed E-state index contributed by atoms with van der Waals surface area (Å²) in [5.74, 6) is 1.62. The first-order valence-electron chi connectivity index (χ1n) is 12.1. The Morgan fingerprint density at radius 1 is 1.17 bits per heavy atom. The number of amides is 1. The van der Waals surface area contributed by atoms with Gasteiger partial charge < -0.3 is 19.8 Å². The fraction of sp³-hybridized carbons (Fsp3) is 0.407. The molecule has 2 heterocycles. The van der Waals surface area contributed by atoms with Crippen molar-refractivity contribution < 1.29 is 19.6 Å². The summed E-state index contributed by atoms with van der Waals surface area (Å²) in [4.78, 5) is 20.3. The number of amidine groups is 1. The van der Waals surface area contributed by atoms with Crippen molar-refractivity contribution in [3.05, 3.63) is 59.8 Å². The largest absolute Gasteiger partial charge is 0.481 e. The predicted molar refractivity (Wildman–Crippen MR) is 137 cm³/mol. The van der Waals surface area contributed by atoms with Crippen LogP contribution in [-0.2, 0) is 16.2 Å². The van der Waals surface area contributed by atoms with Crippen LogP contribution in [0.25, 0.3) is 6.08 Å². The number of oxime groups is 1. The molecular weight excluding hydrogens is 444 g/mol. The lowest BCUT2D eigenvalue weighted by molar-refractivity contribution is -0.123. The molecule has 2 aliphatic heterocycles. The van der Waals surface area contributed by atoms with Gasteiger partial charge in [-0.1, -0.05) is 25.1 Å². The van der Waals surface area contributed by atoms with Crippen LogP contribution in [0.3, 0.4) is 0 Å². The smallest absolute Gasteiger partial charge is 0.265 e. The van der Waals surface area contributed by atoms with Gasteiger partial charge in [-0.3, -0.25) is 15.1 Å². The van der Waals surface area contributed by atoms with Crippen LogP contribution in [0, 0.1) is 5.92 Å². The Kier molecular flexibility index (Phi) is 7.92. The third kappa shape index (κ3) is 6.33. The molecule has 1 saturated heterocycles. The van der Waals surface area contributed by atoms with E-state index in [-0.39, 0.29) is 11.8 Å². The molecule has 2 aliphatic rings. The van der Waals surface area contributed by atoms with E-state index in [9.17, 15) is 10.0 Å². The molecule has 186 valence electrons. The number of ether oxygens (including phenoxy) is 1. The predicted octanol–water partition coefficient (Wildman–Crippen LogP) is 5.24. The van der Waals surface area contributed by atoms with Gasteiger partial charge in [0.25, 0.3) is 5.91 Å². The van der Waals surface area contributed by atoms with Crippen molar-refractivity contribution in [2.45, 2.75) is 52.2 Å². The van der Waals surface area contributed by atoms with Crippen molar-refractivity contribution in [1.82, 2.24) is 5.06 Å². The Hall–Kier alpha value is -3.52. The summed E-state index contributed by atoms with van der Waals surface area (Å²) in [6, 6.07) is 13.5. The second kappa shape index (κ2) is 11.3. The highest BCUT2D eigenvalue weighted by Gasteiger charge is 2.23. The summed E-state index contributed by atoms with van der Waals surface area (Å²) in [5, 5.41) is 18.1. The molecule has 0 spiro atoms. The van der Waals surface area contributed by atoms with Gasteiger partial charge in [-0.2, -0.15) is 0 Å². The highest BCUT2D eigenvalue weighted by molar-refractivity contribution is 5.99. The number of nitrogens with zero attached hydrogens (tertiary/aromatic N) is 3. The van der Waals surface area contributed by atoms with E-state index >= 15 is 0 Å². The Bertz CT molecular complexity index is 1080. The highest BCUT2D eigenvalue weighted by atomic mass is 16.6. The number of hydrogen-bond acceptors (Lipinski definition) is 6. The second-order valence-corrected chi connectivity index (χ2v) is 9.34. The molecule has 1 amide bonds. The summed E-state index contributed by atoms with van der Waals surface area (Å²) >= 11 is 0. The average Bonchev–Trinajstić information content (AvgIpc) is 2.84. The van der Waals surface area contributed by atoms with E-state index in [2.05, 4.69) is 29.2 Å². The summed E-state index contributed by atoms with van der Waals surface area (Å²) in [6.45, 7) is 5.40. The van der Waals surface area contributed by atoms with Crippen molar-refractivity contribution >= 4 is 29.2 Å². The third-order valence-electron chi connectivity index (χ3n) is 6.12. The summed E-state index contributed by atoms with van der Waals surface area (Å²) in [6.07, 6.45) is 6.50. The van der Waals surface area contributed by atoms with E-state index in [0.29, 0.717) is 24.4 Å². The molecule has 1 atom stereocenters. The number of rotatable bonds is 8. The van der Waals surface area contributed by atoms with Crippen molar-refractivity contribution in [3.63, 3.8) is 0 Å². The van der Waals surface area contributed by atoms with Crippen molar-refractivity contribution in [3.8, 4) is 5.75 Å². The number of benzene rings is 2. The van der Waals surface area contributed by atoms with Crippen LogP contribution in [0.15, 0.2) is 53.8 Å². The van der Waals surface area contributed by atoms with Crippen LogP contribution in [0.4, 0.5) is 11.4 Å². The maximum Gasteiger partial charge on any atom is 0.265 e. The molecular formula is C27H34N4O4. The standard InChI is InChI=1S/C27H34N4O4/c1-19(2)16-25(35-24-12-7-20-13-15-30(33)18-21(20)17-24)27(32)28-22-8-10-23(11-9-22)31-14-5-4-6-26(31)29-34-3/h7-13,15,17,19,25,33H,4-6,14,16,18H2,1-3H3,(H,28,32). The molecule has 2 N–H and O–H groups in total. The number of carbonyl (C=O) groups is 1. The normalized spacial score (nSPS) is 17.3. The summed E-state index contributed by atoms with van der Waals surface area (Å²) in [5.41, 5.74) is 3.71. The minimum atomic E-state index is -0.639. The van der Waals surface area contributed by atoms with Gasteiger partial charge >= 0.3 is 0 Å². The first kappa shape index (κ1) is 24.6. The van der Waals surface area contributed by atoms with Crippen LogP contribution in [0.1, 0.15) is 50.7 Å². The number of nitrogens with one attached hydrogen (secondary N) is 1. The molecule has 4 rings (SSSR count). The van der Waals surface area contributed by atoms with Crippen LogP contribution in [-0.4, -0.2) is 41.8 Å². The topological polar surface area (TPSA) is 86.6 Å². The monoisotopic (exact) mass is 478 g/mol. The Morgan fingerprint density at radius 2 is 1.97 bits per heavy atom. The van der Waals surface area contributed by atoms with Gasteiger partial charge in [0.1, 0.15) is 18.7 Å². The minimum Gasteiger partial charge on any atom is -0.481 e. The molecule has 2 aromatic rings. The first-order chi connectivity index (χ1) is 16.9.